The quantitative estimate of drug-likeness (QED) is 0.600. The van der Waals surface area contributed by atoms with Crippen LogP contribution in [0.2, 0.25) is 0 Å². The van der Waals surface area contributed by atoms with Crippen LogP contribution >= 0.6 is 0 Å². The molecule has 2 N–H and O–H groups in total. The first kappa shape index (κ1) is 17.3. The van der Waals surface area contributed by atoms with E-state index in [1.807, 2.05) is 12.1 Å². The third-order valence-corrected chi connectivity index (χ3v) is 2.86. The second kappa shape index (κ2) is 9.27. The molecule has 0 unspecified atom stereocenters. The van der Waals surface area contributed by atoms with Crippen LogP contribution in [-0.2, 0) is 6.42 Å². The molecule has 4 nitrogen and oxygen atoms in total. The van der Waals surface area contributed by atoms with E-state index in [1.54, 1.807) is 7.05 Å². The summed E-state index contributed by atoms with van der Waals surface area (Å²) in [5.74, 6) is 2.34. The lowest BCUT2D eigenvalue weighted by molar-refractivity contribution is 0.271. The van der Waals surface area contributed by atoms with Crippen molar-refractivity contribution in [3.8, 4) is 5.75 Å². The molecule has 0 radical (unpaired) electrons. The molecule has 0 amide bonds. The minimum atomic E-state index is 0.383. The van der Waals surface area contributed by atoms with Crippen molar-refractivity contribution in [3.05, 3.63) is 29.8 Å². The van der Waals surface area contributed by atoms with Crippen LogP contribution in [0.1, 0.15) is 33.3 Å². The second-order valence-corrected chi connectivity index (χ2v) is 5.90. The zero-order valence-electron chi connectivity index (χ0n) is 13.9. The maximum absolute atomic E-state index is 5.68. The molecular weight excluding hydrogens is 262 g/mol. The SMILES string of the molecule is CN=C(NCCc1ccc(OCC(C)C)cc1)NC(C)C. The highest BCUT2D eigenvalue weighted by Crippen LogP contribution is 2.13. The topological polar surface area (TPSA) is 45.7 Å². The Balaban J connectivity index is 2.35. The molecule has 118 valence electrons. The lowest BCUT2D eigenvalue weighted by atomic mass is 10.1. The first-order valence-corrected chi connectivity index (χ1v) is 7.70. The largest absolute Gasteiger partial charge is 0.493 e. The number of rotatable bonds is 7. The van der Waals surface area contributed by atoms with Crippen molar-refractivity contribution in [1.29, 1.82) is 0 Å². The molecule has 0 aromatic heterocycles. The summed E-state index contributed by atoms with van der Waals surface area (Å²) >= 11 is 0. The Bertz CT molecular complexity index is 424. The average molecular weight is 291 g/mol. The Morgan fingerprint density at radius 3 is 2.33 bits per heavy atom. The van der Waals surface area contributed by atoms with Crippen LogP contribution in [0.4, 0.5) is 0 Å². The van der Waals surface area contributed by atoms with Crippen LogP contribution in [-0.4, -0.2) is 32.2 Å². The Morgan fingerprint density at radius 1 is 1.14 bits per heavy atom. The van der Waals surface area contributed by atoms with E-state index in [0.717, 1.165) is 31.3 Å². The van der Waals surface area contributed by atoms with Gasteiger partial charge in [-0.15, -0.1) is 0 Å². The predicted molar refractivity (Wildman–Crippen MR) is 90.1 cm³/mol. The van der Waals surface area contributed by atoms with Gasteiger partial charge < -0.3 is 15.4 Å². The molecule has 0 aliphatic rings. The summed E-state index contributed by atoms with van der Waals surface area (Å²) in [6, 6.07) is 8.71. The Hall–Kier alpha value is -1.71. The molecule has 0 fully saturated rings. The predicted octanol–water partition coefficient (Wildman–Crippen LogP) is 2.84. The normalized spacial score (nSPS) is 11.9. The lowest BCUT2D eigenvalue weighted by Crippen LogP contribution is -2.41. The van der Waals surface area contributed by atoms with Crippen LogP contribution in [0.15, 0.2) is 29.3 Å². The molecule has 0 aliphatic heterocycles. The molecular formula is C17H29N3O. The van der Waals surface area contributed by atoms with Gasteiger partial charge >= 0.3 is 0 Å². The van der Waals surface area contributed by atoms with Gasteiger partial charge in [0.2, 0.25) is 0 Å². The van der Waals surface area contributed by atoms with E-state index >= 15 is 0 Å². The molecule has 1 aromatic rings. The van der Waals surface area contributed by atoms with Crippen LogP contribution in [0.25, 0.3) is 0 Å². The Morgan fingerprint density at radius 2 is 1.81 bits per heavy atom. The number of aliphatic imine (C=N–C) groups is 1. The molecule has 0 atom stereocenters. The van der Waals surface area contributed by atoms with Crippen molar-refractivity contribution in [2.24, 2.45) is 10.9 Å². The van der Waals surface area contributed by atoms with E-state index in [2.05, 4.69) is 55.5 Å². The monoisotopic (exact) mass is 291 g/mol. The van der Waals surface area contributed by atoms with E-state index in [-0.39, 0.29) is 0 Å². The number of guanidine groups is 1. The Labute approximate surface area is 129 Å². The highest BCUT2D eigenvalue weighted by atomic mass is 16.5. The molecule has 1 rings (SSSR count). The number of ether oxygens (including phenoxy) is 1. The van der Waals surface area contributed by atoms with Gasteiger partial charge in [-0.05, 0) is 43.9 Å². The van der Waals surface area contributed by atoms with E-state index in [1.165, 1.54) is 5.56 Å². The molecule has 0 spiro atoms. The summed E-state index contributed by atoms with van der Waals surface area (Å²) in [7, 11) is 1.79. The highest BCUT2D eigenvalue weighted by molar-refractivity contribution is 5.79. The summed E-state index contributed by atoms with van der Waals surface area (Å²) in [6.07, 6.45) is 0.962. The van der Waals surface area contributed by atoms with Crippen LogP contribution in [0.3, 0.4) is 0 Å². The van der Waals surface area contributed by atoms with Crippen molar-refractivity contribution >= 4 is 5.96 Å². The van der Waals surface area contributed by atoms with Crippen LogP contribution in [0.5, 0.6) is 5.75 Å². The average Bonchev–Trinajstić information content (AvgIpc) is 2.44. The second-order valence-electron chi connectivity index (χ2n) is 5.90. The molecule has 1 aromatic carbocycles. The van der Waals surface area contributed by atoms with Gasteiger partial charge in [-0.25, -0.2) is 0 Å². The minimum absolute atomic E-state index is 0.383. The summed E-state index contributed by atoms with van der Waals surface area (Å²) in [5.41, 5.74) is 1.29. The molecule has 4 heteroatoms. The standard InChI is InChI=1S/C17H29N3O/c1-13(2)12-21-16-8-6-15(7-9-16)10-11-19-17(18-5)20-14(3)4/h6-9,13-14H,10-12H2,1-5H3,(H2,18,19,20). The fourth-order valence-electron chi connectivity index (χ4n) is 1.81. The highest BCUT2D eigenvalue weighted by Gasteiger charge is 2.01. The number of hydrogen-bond acceptors (Lipinski definition) is 2. The van der Waals surface area contributed by atoms with E-state index in [9.17, 15) is 0 Å². The fourth-order valence-corrected chi connectivity index (χ4v) is 1.81. The summed E-state index contributed by atoms with van der Waals surface area (Å²) in [6.45, 7) is 10.1. The maximum atomic E-state index is 5.68. The zero-order valence-corrected chi connectivity index (χ0v) is 13.9. The van der Waals surface area contributed by atoms with Crippen molar-refractivity contribution in [1.82, 2.24) is 10.6 Å². The van der Waals surface area contributed by atoms with Gasteiger partial charge in [0, 0.05) is 19.6 Å². The molecule has 0 saturated carbocycles. The molecule has 0 bridgehead atoms. The summed E-state index contributed by atoms with van der Waals surface area (Å²) in [5, 5.41) is 6.58. The van der Waals surface area contributed by atoms with Crippen molar-refractivity contribution in [2.75, 3.05) is 20.2 Å². The van der Waals surface area contributed by atoms with Gasteiger partial charge in [-0.3, -0.25) is 4.99 Å². The van der Waals surface area contributed by atoms with Gasteiger partial charge in [0.1, 0.15) is 5.75 Å². The van der Waals surface area contributed by atoms with E-state index < -0.39 is 0 Å². The lowest BCUT2D eigenvalue weighted by Gasteiger charge is -2.14. The number of nitrogens with one attached hydrogen (secondary N) is 2. The van der Waals surface area contributed by atoms with Gasteiger partial charge in [0.15, 0.2) is 5.96 Å². The zero-order chi connectivity index (χ0) is 15.7. The summed E-state index contributed by atoms with van der Waals surface area (Å²) in [4.78, 5) is 4.19. The molecule has 0 aliphatic carbocycles. The van der Waals surface area contributed by atoms with Crippen LogP contribution < -0.4 is 15.4 Å². The minimum Gasteiger partial charge on any atom is -0.493 e. The van der Waals surface area contributed by atoms with Crippen LogP contribution in [0, 0.1) is 5.92 Å². The van der Waals surface area contributed by atoms with Gasteiger partial charge in [0.05, 0.1) is 6.61 Å². The van der Waals surface area contributed by atoms with E-state index in [0.29, 0.717) is 12.0 Å². The van der Waals surface area contributed by atoms with E-state index in [4.69, 9.17) is 4.74 Å². The number of benzene rings is 1. The van der Waals surface area contributed by atoms with Crippen molar-refractivity contribution in [3.63, 3.8) is 0 Å². The Kier molecular flexibility index (Phi) is 7.65. The van der Waals surface area contributed by atoms with Gasteiger partial charge in [-0.2, -0.15) is 0 Å². The molecule has 0 heterocycles. The molecule has 21 heavy (non-hydrogen) atoms. The third-order valence-electron chi connectivity index (χ3n) is 2.86. The number of hydrogen-bond donors (Lipinski definition) is 2. The summed E-state index contributed by atoms with van der Waals surface area (Å²) < 4.78 is 5.68. The third kappa shape index (κ3) is 7.59. The van der Waals surface area contributed by atoms with Crippen molar-refractivity contribution < 1.29 is 4.74 Å². The molecule has 0 saturated heterocycles. The fraction of sp³-hybridized carbons (Fsp3) is 0.588. The maximum Gasteiger partial charge on any atom is 0.191 e. The smallest absolute Gasteiger partial charge is 0.191 e. The van der Waals surface area contributed by atoms with Crippen molar-refractivity contribution in [2.45, 2.75) is 40.2 Å². The number of nitrogens with zero attached hydrogens (tertiary/aromatic N) is 1. The van der Waals surface area contributed by atoms with Gasteiger partial charge in [0.25, 0.3) is 0 Å². The van der Waals surface area contributed by atoms with Gasteiger partial charge in [-0.1, -0.05) is 26.0 Å². The first-order valence-electron chi connectivity index (χ1n) is 7.70. The first-order chi connectivity index (χ1) is 10.0.